The number of hydrogen-bond acceptors (Lipinski definition) is 3. The quantitative estimate of drug-likeness (QED) is 0.541. The van der Waals surface area contributed by atoms with Gasteiger partial charge in [0.05, 0.1) is 6.10 Å². The summed E-state index contributed by atoms with van der Waals surface area (Å²) in [4.78, 5) is 13.0. The molecular formula is C12H25N3O2. The fourth-order valence-electron chi connectivity index (χ4n) is 2.19. The van der Waals surface area contributed by atoms with Crippen LogP contribution in [0.3, 0.4) is 0 Å². The van der Waals surface area contributed by atoms with Gasteiger partial charge in [-0.15, -0.1) is 0 Å². The first-order valence-corrected chi connectivity index (χ1v) is 6.60. The van der Waals surface area contributed by atoms with Crippen LogP contribution in [0.4, 0.5) is 4.79 Å². The average molecular weight is 243 g/mol. The average Bonchev–Trinajstić information content (AvgIpc) is 2.72. The van der Waals surface area contributed by atoms with Gasteiger partial charge in [0, 0.05) is 32.7 Å². The van der Waals surface area contributed by atoms with Gasteiger partial charge in [-0.2, -0.15) is 0 Å². The summed E-state index contributed by atoms with van der Waals surface area (Å²) in [6.07, 6.45) is 1.74. The van der Waals surface area contributed by atoms with Crippen LogP contribution in [0.2, 0.25) is 0 Å². The Balaban J connectivity index is 2.09. The first kappa shape index (κ1) is 14.3. The third kappa shape index (κ3) is 4.52. The van der Waals surface area contributed by atoms with Crippen LogP contribution in [0.5, 0.6) is 0 Å². The standard InChI is InChI=1S/C12H25N3O2/c1-3-10(4-2)11(16)9-13-5-7-15-8-6-14-12(15)17/h10-11,13,16H,3-9H2,1-2H3,(H,14,17). The molecule has 0 saturated carbocycles. The van der Waals surface area contributed by atoms with Crippen molar-refractivity contribution in [2.45, 2.75) is 32.8 Å². The molecule has 1 aliphatic rings. The van der Waals surface area contributed by atoms with E-state index in [4.69, 9.17) is 0 Å². The number of carbonyl (C=O) groups excluding carboxylic acids is 1. The molecule has 1 heterocycles. The van der Waals surface area contributed by atoms with E-state index in [1.165, 1.54) is 0 Å². The minimum absolute atomic E-state index is 0.0207. The van der Waals surface area contributed by atoms with Gasteiger partial charge >= 0.3 is 6.03 Å². The van der Waals surface area contributed by atoms with Gasteiger partial charge in [-0.1, -0.05) is 26.7 Å². The molecule has 1 unspecified atom stereocenters. The lowest BCUT2D eigenvalue weighted by molar-refractivity contribution is 0.101. The van der Waals surface area contributed by atoms with E-state index >= 15 is 0 Å². The van der Waals surface area contributed by atoms with Gasteiger partial charge in [0.1, 0.15) is 0 Å². The van der Waals surface area contributed by atoms with Crippen molar-refractivity contribution in [1.29, 1.82) is 0 Å². The Hall–Kier alpha value is -0.810. The number of carbonyl (C=O) groups is 1. The summed E-state index contributed by atoms with van der Waals surface area (Å²) in [5.41, 5.74) is 0. The van der Waals surface area contributed by atoms with E-state index in [1.807, 2.05) is 0 Å². The van der Waals surface area contributed by atoms with Crippen LogP contribution >= 0.6 is 0 Å². The fraction of sp³-hybridized carbons (Fsp3) is 0.917. The van der Waals surface area contributed by atoms with Crippen LogP contribution in [0.1, 0.15) is 26.7 Å². The summed E-state index contributed by atoms with van der Waals surface area (Å²) in [7, 11) is 0. The van der Waals surface area contributed by atoms with E-state index in [1.54, 1.807) is 4.90 Å². The molecule has 1 rings (SSSR count). The van der Waals surface area contributed by atoms with Crippen molar-refractivity contribution < 1.29 is 9.90 Å². The van der Waals surface area contributed by atoms with E-state index < -0.39 is 0 Å². The topological polar surface area (TPSA) is 64.6 Å². The largest absolute Gasteiger partial charge is 0.392 e. The first-order valence-electron chi connectivity index (χ1n) is 6.60. The molecule has 100 valence electrons. The van der Waals surface area contributed by atoms with E-state index in [0.717, 1.165) is 32.5 Å². The number of urea groups is 1. The van der Waals surface area contributed by atoms with Gasteiger partial charge in [0.25, 0.3) is 0 Å². The van der Waals surface area contributed by atoms with Crippen molar-refractivity contribution in [3.8, 4) is 0 Å². The SMILES string of the molecule is CCC(CC)C(O)CNCCN1CCNC1=O. The Morgan fingerprint density at radius 2 is 2.18 bits per heavy atom. The first-order chi connectivity index (χ1) is 8.19. The van der Waals surface area contributed by atoms with Gasteiger partial charge in [-0.3, -0.25) is 0 Å². The monoisotopic (exact) mass is 243 g/mol. The third-order valence-electron chi connectivity index (χ3n) is 3.45. The Morgan fingerprint density at radius 1 is 1.47 bits per heavy atom. The lowest BCUT2D eigenvalue weighted by Crippen LogP contribution is -2.38. The maximum absolute atomic E-state index is 11.2. The molecule has 0 aromatic carbocycles. The highest BCUT2D eigenvalue weighted by atomic mass is 16.3. The molecule has 0 radical (unpaired) electrons. The normalized spacial score (nSPS) is 17.6. The highest BCUT2D eigenvalue weighted by Gasteiger charge is 2.19. The van der Waals surface area contributed by atoms with Crippen molar-refractivity contribution >= 4 is 6.03 Å². The molecule has 0 spiro atoms. The van der Waals surface area contributed by atoms with Crippen LogP contribution in [-0.2, 0) is 0 Å². The Kier molecular flexibility index (Phi) is 6.29. The number of nitrogens with one attached hydrogen (secondary N) is 2. The highest BCUT2D eigenvalue weighted by Crippen LogP contribution is 2.11. The zero-order chi connectivity index (χ0) is 12.7. The number of rotatable bonds is 8. The molecule has 5 nitrogen and oxygen atoms in total. The van der Waals surface area contributed by atoms with Crippen LogP contribution in [0.25, 0.3) is 0 Å². The summed E-state index contributed by atoms with van der Waals surface area (Å²) >= 11 is 0. The van der Waals surface area contributed by atoms with Crippen LogP contribution in [-0.4, -0.2) is 54.9 Å². The van der Waals surface area contributed by atoms with Crippen molar-refractivity contribution in [1.82, 2.24) is 15.5 Å². The molecule has 0 aromatic heterocycles. The summed E-state index contributed by atoms with van der Waals surface area (Å²) in [5, 5.41) is 15.9. The molecular weight excluding hydrogens is 218 g/mol. The lowest BCUT2D eigenvalue weighted by atomic mass is 9.97. The molecule has 17 heavy (non-hydrogen) atoms. The molecule has 1 atom stereocenters. The number of aliphatic hydroxyl groups excluding tert-OH is 1. The highest BCUT2D eigenvalue weighted by molar-refractivity contribution is 5.76. The van der Waals surface area contributed by atoms with Gasteiger partial charge in [-0.05, 0) is 5.92 Å². The number of aliphatic hydroxyl groups is 1. The third-order valence-corrected chi connectivity index (χ3v) is 3.45. The Labute approximate surface area is 104 Å². The Morgan fingerprint density at radius 3 is 2.71 bits per heavy atom. The molecule has 3 N–H and O–H groups in total. The summed E-state index contributed by atoms with van der Waals surface area (Å²) in [6, 6.07) is 0.0207. The minimum atomic E-state index is -0.280. The maximum atomic E-state index is 11.2. The summed E-state index contributed by atoms with van der Waals surface area (Å²) in [6.45, 7) is 7.80. The number of hydrogen-bond donors (Lipinski definition) is 3. The van der Waals surface area contributed by atoms with Crippen LogP contribution in [0, 0.1) is 5.92 Å². The van der Waals surface area contributed by atoms with Crippen molar-refractivity contribution in [3.05, 3.63) is 0 Å². The molecule has 0 aromatic rings. The van der Waals surface area contributed by atoms with E-state index in [2.05, 4.69) is 24.5 Å². The van der Waals surface area contributed by atoms with E-state index in [0.29, 0.717) is 19.0 Å². The van der Waals surface area contributed by atoms with Crippen molar-refractivity contribution in [2.24, 2.45) is 5.92 Å². The zero-order valence-electron chi connectivity index (χ0n) is 10.9. The van der Waals surface area contributed by atoms with Gasteiger partial charge in [0.2, 0.25) is 0 Å². The Bertz CT molecular complexity index is 232. The van der Waals surface area contributed by atoms with Crippen LogP contribution in [0.15, 0.2) is 0 Å². The molecule has 1 aliphatic heterocycles. The molecule has 1 saturated heterocycles. The predicted octanol–water partition coefficient (Wildman–Crippen LogP) is 0.398. The van der Waals surface area contributed by atoms with Gasteiger partial charge in [0.15, 0.2) is 0 Å². The van der Waals surface area contributed by atoms with E-state index in [-0.39, 0.29) is 12.1 Å². The maximum Gasteiger partial charge on any atom is 0.317 e. The number of nitrogens with zero attached hydrogens (tertiary/aromatic N) is 1. The predicted molar refractivity (Wildman–Crippen MR) is 67.9 cm³/mol. The second-order valence-corrected chi connectivity index (χ2v) is 4.57. The van der Waals surface area contributed by atoms with E-state index in [9.17, 15) is 9.90 Å². The smallest absolute Gasteiger partial charge is 0.317 e. The fourth-order valence-corrected chi connectivity index (χ4v) is 2.19. The summed E-state index contributed by atoms with van der Waals surface area (Å²) < 4.78 is 0. The van der Waals surface area contributed by atoms with Crippen LogP contribution < -0.4 is 10.6 Å². The molecule has 2 amide bonds. The summed E-state index contributed by atoms with van der Waals surface area (Å²) in [5.74, 6) is 0.373. The van der Waals surface area contributed by atoms with Crippen molar-refractivity contribution in [3.63, 3.8) is 0 Å². The lowest BCUT2D eigenvalue weighted by Gasteiger charge is -2.21. The second-order valence-electron chi connectivity index (χ2n) is 4.57. The molecule has 1 fully saturated rings. The van der Waals surface area contributed by atoms with Gasteiger partial charge in [-0.25, -0.2) is 4.79 Å². The zero-order valence-corrected chi connectivity index (χ0v) is 10.9. The van der Waals surface area contributed by atoms with Crippen molar-refractivity contribution in [2.75, 3.05) is 32.7 Å². The van der Waals surface area contributed by atoms with Gasteiger partial charge < -0.3 is 20.6 Å². The number of amides is 2. The molecule has 5 heteroatoms. The molecule has 0 bridgehead atoms. The minimum Gasteiger partial charge on any atom is -0.392 e. The second kappa shape index (κ2) is 7.50. The molecule has 0 aliphatic carbocycles.